The van der Waals surface area contributed by atoms with E-state index in [1.54, 1.807) is 0 Å². The van der Waals surface area contributed by atoms with Gasteiger partial charge in [-0.05, 0) is 6.07 Å². The Morgan fingerprint density at radius 2 is 2.21 bits per heavy atom. The third-order valence-corrected chi connectivity index (χ3v) is 1.60. The molecule has 0 saturated carbocycles. The fourth-order valence-electron chi connectivity index (χ4n) is 0.965. The van der Waals surface area contributed by atoms with E-state index in [0.717, 1.165) is 10.7 Å². The third kappa shape index (κ3) is 2.24. The van der Waals surface area contributed by atoms with Crippen LogP contribution in [0.5, 0.6) is 0 Å². The van der Waals surface area contributed by atoms with Crippen LogP contribution in [0.2, 0.25) is 0 Å². The number of aliphatic carboxylic acids is 1. The summed E-state index contributed by atoms with van der Waals surface area (Å²) >= 11 is 0. The van der Waals surface area contributed by atoms with Gasteiger partial charge in [0.1, 0.15) is 0 Å². The summed E-state index contributed by atoms with van der Waals surface area (Å²) in [6.07, 6.45) is -5.01. The summed E-state index contributed by atoms with van der Waals surface area (Å²) in [5.74, 6) is -1.19. The number of aryl methyl sites for hydroxylation is 1. The normalized spacial score (nSPS) is 11.7. The Labute approximate surface area is 77.0 Å². The van der Waals surface area contributed by atoms with Crippen LogP contribution in [0.1, 0.15) is 11.4 Å². The molecule has 0 saturated heterocycles. The van der Waals surface area contributed by atoms with E-state index >= 15 is 0 Å². The average Bonchev–Trinajstić information content (AvgIpc) is 2.30. The Morgan fingerprint density at radius 1 is 1.64 bits per heavy atom. The van der Waals surface area contributed by atoms with E-state index < -0.39 is 24.3 Å². The minimum Gasteiger partial charge on any atom is -0.481 e. The molecule has 1 rings (SSSR count). The molecule has 0 aliphatic heterocycles. The predicted molar refractivity (Wildman–Crippen MR) is 39.5 cm³/mol. The molecule has 14 heavy (non-hydrogen) atoms. The molecule has 0 atom stereocenters. The monoisotopic (exact) mass is 208 g/mol. The van der Waals surface area contributed by atoms with Gasteiger partial charge in [0.15, 0.2) is 5.69 Å². The summed E-state index contributed by atoms with van der Waals surface area (Å²) in [6, 6.07) is 0.730. The van der Waals surface area contributed by atoms with E-state index in [1.165, 1.54) is 7.05 Å². The predicted octanol–water partition coefficient (Wildman–Crippen LogP) is 1.07. The summed E-state index contributed by atoms with van der Waals surface area (Å²) in [5.41, 5.74) is -1.05. The fraction of sp³-hybridized carbons (Fsp3) is 0.429. The van der Waals surface area contributed by atoms with Crippen LogP contribution in [0.25, 0.3) is 0 Å². The quantitative estimate of drug-likeness (QED) is 0.790. The van der Waals surface area contributed by atoms with Crippen molar-refractivity contribution < 1.29 is 23.1 Å². The maximum absolute atomic E-state index is 12.1. The molecule has 1 heterocycles. The summed E-state index contributed by atoms with van der Waals surface area (Å²) in [4.78, 5) is 10.3. The van der Waals surface area contributed by atoms with Crippen molar-refractivity contribution >= 4 is 5.97 Å². The molecule has 0 amide bonds. The first-order chi connectivity index (χ1) is 6.30. The smallest absolute Gasteiger partial charge is 0.435 e. The van der Waals surface area contributed by atoms with Crippen molar-refractivity contribution in [2.24, 2.45) is 7.05 Å². The molecule has 1 N–H and O–H groups in total. The topological polar surface area (TPSA) is 55.1 Å². The van der Waals surface area contributed by atoms with E-state index in [-0.39, 0.29) is 5.69 Å². The summed E-state index contributed by atoms with van der Waals surface area (Å²) < 4.78 is 37.2. The van der Waals surface area contributed by atoms with Crippen LogP contribution in [-0.4, -0.2) is 20.9 Å². The number of halogens is 3. The van der Waals surface area contributed by atoms with Gasteiger partial charge in [0.05, 0.1) is 6.42 Å². The highest BCUT2D eigenvalue weighted by Gasteiger charge is 2.34. The van der Waals surface area contributed by atoms with Crippen LogP contribution in [0.15, 0.2) is 6.07 Å². The lowest BCUT2D eigenvalue weighted by Gasteiger charge is -1.99. The van der Waals surface area contributed by atoms with Gasteiger partial charge in [0.25, 0.3) is 0 Å². The minimum atomic E-state index is -4.53. The molecule has 0 fully saturated rings. The van der Waals surface area contributed by atoms with E-state index in [2.05, 4.69) is 5.10 Å². The molecule has 0 radical (unpaired) electrons. The van der Waals surface area contributed by atoms with Crippen LogP contribution in [-0.2, 0) is 24.4 Å². The Hall–Kier alpha value is -1.53. The van der Waals surface area contributed by atoms with Crippen molar-refractivity contribution in [3.05, 3.63) is 17.5 Å². The first-order valence-corrected chi connectivity index (χ1v) is 3.62. The lowest BCUT2D eigenvalue weighted by Crippen LogP contribution is -2.07. The lowest BCUT2D eigenvalue weighted by molar-refractivity contribution is -0.141. The van der Waals surface area contributed by atoms with Crippen LogP contribution in [0.3, 0.4) is 0 Å². The van der Waals surface area contributed by atoms with Crippen LogP contribution in [0.4, 0.5) is 13.2 Å². The molecule has 0 unspecified atom stereocenters. The number of hydrogen-bond acceptors (Lipinski definition) is 2. The Bertz CT molecular complexity index is 356. The van der Waals surface area contributed by atoms with Gasteiger partial charge in [0, 0.05) is 12.7 Å². The Morgan fingerprint density at radius 3 is 2.57 bits per heavy atom. The second-order valence-corrected chi connectivity index (χ2v) is 2.71. The van der Waals surface area contributed by atoms with Gasteiger partial charge in [-0.2, -0.15) is 18.3 Å². The molecule has 0 spiro atoms. The van der Waals surface area contributed by atoms with Gasteiger partial charge in [-0.1, -0.05) is 0 Å². The summed E-state index contributed by atoms with van der Waals surface area (Å²) in [5, 5.41) is 11.5. The second kappa shape index (κ2) is 3.32. The molecule has 4 nitrogen and oxygen atoms in total. The maximum Gasteiger partial charge on any atom is 0.435 e. The molecule has 0 bridgehead atoms. The van der Waals surface area contributed by atoms with Crippen LogP contribution < -0.4 is 0 Å². The van der Waals surface area contributed by atoms with Crippen molar-refractivity contribution in [1.29, 1.82) is 0 Å². The van der Waals surface area contributed by atoms with Gasteiger partial charge in [-0.15, -0.1) is 0 Å². The Kier molecular flexibility index (Phi) is 2.50. The minimum absolute atomic E-state index is 0.0184. The van der Waals surface area contributed by atoms with Crippen molar-refractivity contribution in [2.45, 2.75) is 12.6 Å². The van der Waals surface area contributed by atoms with Crippen molar-refractivity contribution in [2.75, 3.05) is 0 Å². The van der Waals surface area contributed by atoms with Crippen molar-refractivity contribution in [3.8, 4) is 0 Å². The lowest BCUT2D eigenvalue weighted by atomic mass is 10.3. The van der Waals surface area contributed by atoms with E-state index in [0.29, 0.717) is 0 Å². The Balaban J connectivity index is 2.99. The molecule has 7 heteroatoms. The highest BCUT2D eigenvalue weighted by atomic mass is 19.4. The highest BCUT2D eigenvalue weighted by molar-refractivity contribution is 5.69. The molecule has 0 aromatic carbocycles. The second-order valence-electron chi connectivity index (χ2n) is 2.71. The molecular weight excluding hydrogens is 201 g/mol. The van der Waals surface area contributed by atoms with Crippen LogP contribution in [0, 0.1) is 0 Å². The third-order valence-electron chi connectivity index (χ3n) is 1.60. The number of rotatable bonds is 2. The summed E-state index contributed by atoms with van der Waals surface area (Å²) in [7, 11) is 1.27. The standard InChI is InChI=1S/C7H7F3N2O2/c1-12-4(3-6(13)14)2-5(11-12)7(8,9)10/h2H,3H2,1H3,(H,13,14). The molecule has 1 aromatic heterocycles. The van der Waals surface area contributed by atoms with Crippen molar-refractivity contribution in [3.63, 3.8) is 0 Å². The SMILES string of the molecule is Cn1nc(C(F)(F)F)cc1CC(=O)O. The molecule has 78 valence electrons. The zero-order valence-electron chi connectivity index (χ0n) is 7.17. The average molecular weight is 208 g/mol. The number of aromatic nitrogens is 2. The number of nitrogens with zero attached hydrogens (tertiary/aromatic N) is 2. The summed E-state index contributed by atoms with van der Waals surface area (Å²) in [6.45, 7) is 0. The van der Waals surface area contributed by atoms with Gasteiger partial charge in [0.2, 0.25) is 0 Å². The zero-order valence-corrected chi connectivity index (χ0v) is 7.17. The highest BCUT2D eigenvalue weighted by Crippen LogP contribution is 2.28. The molecular formula is C7H7F3N2O2. The van der Waals surface area contributed by atoms with Crippen molar-refractivity contribution in [1.82, 2.24) is 9.78 Å². The largest absolute Gasteiger partial charge is 0.481 e. The fourth-order valence-corrected chi connectivity index (χ4v) is 0.965. The number of alkyl halides is 3. The number of hydrogen-bond donors (Lipinski definition) is 1. The number of carboxylic acids is 1. The van der Waals surface area contributed by atoms with E-state index in [4.69, 9.17) is 5.11 Å². The maximum atomic E-state index is 12.1. The van der Waals surface area contributed by atoms with Gasteiger partial charge in [-0.25, -0.2) is 0 Å². The van der Waals surface area contributed by atoms with Gasteiger partial charge >= 0.3 is 12.1 Å². The molecule has 0 aliphatic rings. The van der Waals surface area contributed by atoms with E-state index in [1.807, 2.05) is 0 Å². The number of carboxylic acid groups (broad SMARTS) is 1. The zero-order chi connectivity index (χ0) is 10.9. The number of carbonyl (C=O) groups is 1. The molecule has 0 aliphatic carbocycles. The first kappa shape index (κ1) is 10.6. The van der Waals surface area contributed by atoms with Gasteiger partial charge in [-0.3, -0.25) is 9.48 Å². The van der Waals surface area contributed by atoms with Crippen LogP contribution >= 0.6 is 0 Å². The first-order valence-electron chi connectivity index (χ1n) is 3.62. The van der Waals surface area contributed by atoms with Gasteiger partial charge < -0.3 is 5.11 Å². The molecule has 1 aromatic rings. The van der Waals surface area contributed by atoms with E-state index in [9.17, 15) is 18.0 Å².